The fourth-order valence-electron chi connectivity index (χ4n) is 2.40. The van der Waals surface area contributed by atoms with Gasteiger partial charge in [-0.05, 0) is 56.6 Å². The van der Waals surface area contributed by atoms with Gasteiger partial charge in [-0.2, -0.15) is 11.8 Å². The molecular formula is C14H28N2OS. The van der Waals surface area contributed by atoms with Crippen molar-refractivity contribution in [2.75, 3.05) is 18.1 Å². The van der Waals surface area contributed by atoms with E-state index in [-0.39, 0.29) is 5.91 Å². The van der Waals surface area contributed by atoms with Gasteiger partial charge in [0.1, 0.15) is 0 Å². The Balaban J connectivity index is 2.21. The summed E-state index contributed by atoms with van der Waals surface area (Å²) in [6, 6.07) is 0. The number of primary amides is 1. The molecule has 4 heteroatoms. The molecule has 1 fully saturated rings. The Morgan fingerprint density at radius 3 is 2.67 bits per heavy atom. The largest absolute Gasteiger partial charge is 0.368 e. The molecule has 1 atom stereocenters. The van der Waals surface area contributed by atoms with Crippen molar-refractivity contribution in [1.29, 1.82) is 0 Å². The molecule has 0 saturated heterocycles. The van der Waals surface area contributed by atoms with Crippen molar-refractivity contribution in [2.24, 2.45) is 11.7 Å². The molecule has 3 nitrogen and oxygen atoms in total. The maximum Gasteiger partial charge on any atom is 0.237 e. The third-order valence-corrected chi connectivity index (χ3v) is 5.08. The summed E-state index contributed by atoms with van der Waals surface area (Å²) >= 11 is 1.98. The second-order valence-electron chi connectivity index (χ2n) is 5.60. The lowest BCUT2D eigenvalue weighted by Gasteiger charge is -2.27. The topological polar surface area (TPSA) is 55.1 Å². The first-order valence-corrected chi connectivity index (χ1v) is 8.36. The van der Waals surface area contributed by atoms with E-state index in [2.05, 4.69) is 12.2 Å². The van der Waals surface area contributed by atoms with Gasteiger partial charge in [0.15, 0.2) is 0 Å². The molecule has 0 spiro atoms. The molecule has 1 unspecified atom stereocenters. The van der Waals surface area contributed by atoms with E-state index in [1.165, 1.54) is 31.4 Å². The highest BCUT2D eigenvalue weighted by atomic mass is 32.2. The molecule has 1 aliphatic rings. The highest BCUT2D eigenvalue weighted by molar-refractivity contribution is 7.99. The first kappa shape index (κ1) is 15.8. The normalized spacial score (nSPS) is 19.9. The molecule has 0 aromatic rings. The highest BCUT2D eigenvalue weighted by Gasteiger charge is 2.29. The minimum Gasteiger partial charge on any atom is -0.368 e. The fraction of sp³-hybridized carbons (Fsp3) is 0.929. The van der Waals surface area contributed by atoms with Crippen LogP contribution in [0.25, 0.3) is 0 Å². The van der Waals surface area contributed by atoms with Gasteiger partial charge in [0.05, 0.1) is 5.54 Å². The van der Waals surface area contributed by atoms with Crippen LogP contribution < -0.4 is 11.1 Å². The molecule has 1 saturated carbocycles. The number of rotatable bonds is 9. The van der Waals surface area contributed by atoms with Gasteiger partial charge in [-0.15, -0.1) is 0 Å². The van der Waals surface area contributed by atoms with Crippen LogP contribution in [0.2, 0.25) is 0 Å². The highest BCUT2D eigenvalue weighted by Crippen LogP contribution is 2.28. The van der Waals surface area contributed by atoms with Gasteiger partial charge in [-0.25, -0.2) is 0 Å². The van der Waals surface area contributed by atoms with Crippen molar-refractivity contribution < 1.29 is 4.79 Å². The van der Waals surface area contributed by atoms with Crippen LogP contribution in [0.15, 0.2) is 0 Å². The van der Waals surface area contributed by atoms with Crippen molar-refractivity contribution in [3.05, 3.63) is 0 Å². The van der Waals surface area contributed by atoms with Crippen LogP contribution in [0.1, 0.15) is 52.4 Å². The number of nitrogens with two attached hydrogens (primary N) is 1. The van der Waals surface area contributed by atoms with Crippen molar-refractivity contribution in [1.82, 2.24) is 5.32 Å². The third kappa shape index (κ3) is 5.19. The van der Waals surface area contributed by atoms with Crippen LogP contribution in [0.3, 0.4) is 0 Å². The third-order valence-electron chi connectivity index (χ3n) is 3.88. The molecule has 0 bridgehead atoms. The van der Waals surface area contributed by atoms with Crippen molar-refractivity contribution in [3.63, 3.8) is 0 Å². The predicted molar refractivity (Wildman–Crippen MR) is 79.8 cm³/mol. The van der Waals surface area contributed by atoms with Gasteiger partial charge >= 0.3 is 0 Å². The molecule has 0 aromatic carbocycles. The van der Waals surface area contributed by atoms with Gasteiger partial charge < -0.3 is 11.1 Å². The van der Waals surface area contributed by atoms with E-state index in [1.807, 2.05) is 18.7 Å². The Kier molecular flexibility index (Phi) is 7.08. The second kappa shape index (κ2) is 8.05. The Hall–Kier alpha value is -0.220. The molecule has 0 heterocycles. The Morgan fingerprint density at radius 1 is 1.44 bits per heavy atom. The first-order chi connectivity index (χ1) is 8.58. The molecular weight excluding hydrogens is 244 g/mol. The number of amides is 1. The van der Waals surface area contributed by atoms with Crippen LogP contribution in [0.4, 0.5) is 0 Å². The van der Waals surface area contributed by atoms with E-state index < -0.39 is 5.54 Å². The summed E-state index contributed by atoms with van der Waals surface area (Å²) in [5.41, 5.74) is 4.98. The minimum atomic E-state index is -0.529. The Bertz CT molecular complexity index is 254. The van der Waals surface area contributed by atoms with Gasteiger partial charge in [0.25, 0.3) is 0 Å². The molecule has 18 heavy (non-hydrogen) atoms. The average molecular weight is 272 g/mol. The molecule has 106 valence electrons. The van der Waals surface area contributed by atoms with Crippen LogP contribution >= 0.6 is 11.8 Å². The molecule has 3 N–H and O–H groups in total. The minimum absolute atomic E-state index is 0.225. The zero-order chi connectivity index (χ0) is 13.4. The lowest BCUT2D eigenvalue weighted by Crippen LogP contribution is -2.53. The van der Waals surface area contributed by atoms with Crippen molar-refractivity contribution in [2.45, 2.75) is 57.9 Å². The van der Waals surface area contributed by atoms with E-state index >= 15 is 0 Å². The summed E-state index contributed by atoms with van der Waals surface area (Å²) in [6.07, 6.45) is 7.46. The molecule has 1 aliphatic carbocycles. The zero-order valence-electron chi connectivity index (χ0n) is 11.8. The summed E-state index contributed by atoms with van der Waals surface area (Å²) in [5, 5.41) is 3.29. The maximum atomic E-state index is 11.5. The van der Waals surface area contributed by atoms with E-state index in [4.69, 9.17) is 5.73 Å². The molecule has 0 aliphatic heterocycles. The summed E-state index contributed by atoms with van der Waals surface area (Å²) in [4.78, 5) is 11.5. The van der Waals surface area contributed by atoms with Gasteiger partial charge in [0.2, 0.25) is 5.91 Å². The Labute approximate surface area is 116 Å². The van der Waals surface area contributed by atoms with E-state index in [1.54, 1.807) is 0 Å². The average Bonchev–Trinajstić information content (AvgIpc) is 2.85. The second-order valence-corrected chi connectivity index (χ2v) is 6.75. The van der Waals surface area contributed by atoms with E-state index in [0.717, 1.165) is 31.1 Å². The van der Waals surface area contributed by atoms with Crippen molar-refractivity contribution >= 4 is 17.7 Å². The number of nitrogens with one attached hydrogen (secondary N) is 1. The molecule has 1 amide bonds. The quantitative estimate of drug-likeness (QED) is 0.634. The van der Waals surface area contributed by atoms with E-state index in [9.17, 15) is 4.79 Å². The molecule has 1 rings (SSSR count). The molecule has 0 aromatic heterocycles. The monoisotopic (exact) mass is 272 g/mol. The smallest absolute Gasteiger partial charge is 0.237 e. The molecule has 0 radical (unpaired) electrons. The van der Waals surface area contributed by atoms with Crippen LogP contribution in [0.5, 0.6) is 0 Å². The maximum absolute atomic E-state index is 11.5. The summed E-state index contributed by atoms with van der Waals surface area (Å²) in [7, 11) is 0. The SMILES string of the molecule is CCCNC(C)(CCSCC1CCCC1)C(N)=O. The van der Waals surface area contributed by atoms with Crippen molar-refractivity contribution in [3.8, 4) is 0 Å². The van der Waals surface area contributed by atoms with Crippen LogP contribution in [0, 0.1) is 5.92 Å². The lowest BCUT2D eigenvalue weighted by atomic mass is 9.98. The Morgan fingerprint density at radius 2 is 2.11 bits per heavy atom. The van der Waals surface area contributed by atoms with Gasteiger partial charge in [-0.3, -0.25) is 4.79 Å². The zero-order valence-corrected chi connectivity index (χ0v) is 12.7. The fourth-order valence-corrected chi connectivity index (χ4v) is 3.79. The number of carbonyl (C=O) groups excluding carboxylic acids is 1. The number of hydrogen-bond acceptors (Lipinski definition) is 3. The summed E-state index contributed by atoms with van der Waals surface area (Å²) in [6.45, 7) is 4.89. The summed E-state index contributed by atoms with van der Waals surface area (Å²) in [5.74, 6) is 2.96. The number of hydrogen-bond donors (Lipinski definition) is 2. The summed E-state index contributed by atoms with van der Waals surface area (Å²) < 4.78 is 0. The predicted octanol–water partition coefficient (Wildman–Crippen LogP) is 2.54. The standard InChI is InChI=1S/C14H28N2OS/c1-3-9-16-14(2,13(15)17)8-10-18-11-12-6-4-5-7-12/h12,16H,3-11H2,1-2H3,(H2,15,17). The van der Waals surface area contributed by atoms with Crippen LogP contribution in [-0.2, 0) is 4.79 Å². The van der Waals surface area contributed by atoms with E-state index in [0.29, 0.717) is 0 Å². The van der Waals surface area contributed by atoms with Gasteiger partial charge in [0, 0.05) is 0 Å². The number of thioether (sulfide) groups is 1. The lowest BCUT2D eigenvalue weighted by molar-refractivity contribution is -0.123. The van der Waals surface area contributed by atoms with Crippen LogP contribution in [-0.4, -0.2) is 29.5 Å². The number of carbonyl (C=O) groups is 1. The first-order valence-electron chi connectivity index (χ1n) is 7.21. The van der Waals surface area contributed by atoms with Gasteiger partial charge in [-0.1, -0.05) is 19.8 Å².